The van der Waals surface area contributed by atoms with E-state index in [9.17, 15) is 0 Å². The van der Waals surface area contributed by atoms with Gasteiger partial charge < -0.3 is 4.66 Å². The Morgan fingerprint density at radius 1 is 1.25 bits per heavy atom. The molecule has 0 amide bonds. The van der Waals surface area contributed by atoms with Gasteiger partial charge in [-0.25, -0.2) is 11.9 Å². The zero-order valence-electron chi connectivity index (χ0n) is 3.84. The molecule has 0 bridgehead atoms. The second-order valence-corrected chi connectivity index (χ2v) is 1.63. The Kier molecular flexibility index (Phi) is 16.3. The van der Waals surface area contributed by atoms with Crippen molar-refractivity contribution in [3.05, 3.63) is 0 Å². The fourth-order valence-electron chi connectivity index (χ4n) is 0. The molecule has 46 valence electrons. The summed E-state index contributed by atoms with van der Waals surface area (Å²) in [5.41, 5.74) is 0. The van der Waals surface area contributed by atoms with Crippen LogP contribution < -0.4 is 34.2 Å². The van der Waals surface area contributed by atoms with E-state index in [2.05, 4.69) is 11.9 Å². The Morgan fingerprint density at radius 3 is 1.25 bits per heavy atom. The van der Waals surface area contributed by atoms with Gasteiger partial charge in [0.1, 0.15) is 0 Å². The van der Waals surface area contributed by atoms with Crippen LogP contribution in [-0.2, 0) is 24.5 Å². The van der Waals surface area contributed by atoms with Gasteiger partial charge in [0, 0.05) is 0 Å². The third-order valence-electron chi connectivity index (χ3n) is 0. The molecule has 0 aromatic rings. The van der Waals surface area contributed by atoms with Crippen molar-refractivity contribution in [2.75, 3.05) is 0 Å². The first-order valence-electron chi connectivity index (χ1n) is 0.786. The van der Waals surface area contributed by atoms with Crippen LogP contribution >= 0.6 is 11.9 Å². The molecule has 0 fully saturated rings. The molecule has 0 rings (SSSR count). The second kappa shape index (κ2) is 8.13. The van der Waals surface area contributed by atoms with Crippen LogP contribution in [0.4, 0.5) is 0 Å². The van der Waals surface area contributed by atoms with Crippen molar-refractivity contribution >= 4 is 11.9 Å². The summed E-state index contributed by atoms with van der Waals surface area (Å²) in [6.07, 6.45) is 0. The number of rotatable bonds is 0. The van der Waals surface area contributed by atoms with Gasteiger partial charge in [-0.1, -0.05) is 0 Å². The zero-order valence-corrected chi connectivity index (χ0v) is 7.77. The van der Waals surface area contributed by atoms with Gasteiger partial charge in [0.05, 0.1) is 0 Å². The molecule has 8 heteroatoms. The monoisotopic (exact) mass is 194 g/mol. The number of hydrogen-bond donors (Lipinski definition) is 1. The Labute approximate surface area is 74.3 Å². The predicted octanol–water partition coefficient (Wildman–Crippen LogP) is -4.41. The zero-order chi connectivity index (χ0) is 6.50. The van der Waals surface area contributed by atoms with E-state index in [0.29, 0.717) is 0 Å². The molecule has 0 aliphatic carbocycles. The van der Waals surface area contributed by atoms with E-state index in [0.717, 1.165) is 0 Å². The first-order chi connectivity index (χ1) is 3.00. The van der Waals surface area contributed by atoms with Gasteiger partial charge in [0.25, 0.3) is 0 Å². The van der Waals surface area contributed by atoms with Crippen molar-refractivity contribution in [1.82, 2.24) is 0 Å². The molecule has 0 atom stereocenters. The first kappa shape index (κ1) is 16.1. The van der Waals surface area contributed by atoms with Gasteiger partial charge in [-0.05, 0) is 0 Å². The van der Waals surface area contributed by atoms with Gasteiger partial charge in [-0.15, -0.1) is 0 Å². The SMILES string of the molecule is [Na+].[O-]Cl.[O]=[Mn](=[O])(=[O])[OH]. The number of hydrogen-bond acceptors (Lipinski definition) is 4. The van der Waals surface area contributed by atoms with Gasteiger partial charge in [-0.2, -0.15) is 0 Å². The maximum atomic E-state index is 8.69. The Morgan fingerprint density at radius 2 is 1.25 bits per heavy atom. The maximum absolute atomic E-state index is 8.69. The molecular formula is HClMnNaO5. The van der Waals surface area contributed by atoms with Crippen molar-refractivity contribution in [2.45, 2.75) is 0 Å². The van der Waals surface area contributed by atoms with Crippen LogP contribution in [0.15, 0.2) is 0 Å². The Hall–Kier alpha value is 1.13. The van der Waals surface area contributed by atoms with Gasteiger partial charge in [0.2, 0.25) is 0 Å². The summed E-state index contributed by atoms with van der Waals surface area (Å²) in [5, 5.41) is 0. The van der Waals surface area contributed by atoms with Crippen LogP contribution in [0.2, 0.25) is 0 Å². The van der Waals surface area contributed by atoms with E-state index in [4.69, 9.17) is 20.4 Å². The minimum atomic E-state index is -5.38. The summed E-state index contributed by atoms with van der Waals surface area (Å²) in [6, 6.07) is 0. The minimum absolute atomic E-state index is 0. The van der Waals surface area contributed by atoms with Crippen molar-refractivity contribution < 1.29 is 62.9 Å². The Balaban J connectivity index is -0.0000000750. The standard InChI is InChI=1S/ClO.Mn.Na.H2O.3O/c1-2;;;;;;/h;;;1H2;;;/q-1;2*+1;;;;/p-1. The van der Waals surface area contributed by atoms with Crippen molar-refractivity contribution in [3.8, 4) is 0 Å². The van der Waals surface area contributed by atoms with Crippen LogP contribution in [-0.4, -0.2) is 4.19 Å². The average Bonchev–Trinajstić information content (AvgIpc) is 1.36. The quantitative estimate of drug-likeness (QED) is 0.393. The molecular weight excluding hydrogens is 193 g/mol. The molecule has 0 unspecified atom stereocenters. The molecule has 0 heterocycles. The fraction of sp³-hybridized carbons (Fsp3) is 0. The summed E-state index contributed by atoms with van der Waals surface area (Å²) in [4.78, 5) is 0. The van der Waals surface area contributed by atoms with Crippen LogP contribution in [0.5, 0.6) is 0 Å². The summed E-state index contributed by atoms with van der Waals surface area (Å²) < 4.78 is 40.8. The van der Waals surface area contributed by atoms with Crippen molar-refractivity contribution in [3.63, 3.8) is 0 Å². The molecule has 0 aromatic heterocycles. The van der Waals surface area contributed by atoms with E-state index in [1.54, 1.807) is 0 Å². The van der Waals surface area contributed by atoms with Crippen LogP contribution in [0.3, 0.4) is 0 Å². The summed E-state index contributed by atoms with van der Waals surface area (Å²) >= 11 is -1.99. The molecule has 8 heavy (non-hydrogen) atoms. The molecule has 5 nitrogen and oxygen atoms in total. The summed E-state index contributed by atoms with van der Waals surface area (Å²) in [6.45, 7) is 0. The van der Waals surface area contributed by atoms with Crippen molar-refractivity contribution in [1.29, 1.82) is 0 Å². The average molecular weight is 194 g/mol. The third-order valence-corrected chi connectivity index (χ3v) is 0. The van der Waals surface area contributed by atoms with Crippen LogP contribution in [0.25, 0.3) is 0 Å². The van der Waals surface area contributed by atoms with Gasteiger partial charge in [0.15, 0.2) is 0 Å². The Bertz CT molecular complexity index is 134. The summed E-state index contributed by atoms with van der Waals surface area (Å²) in [7, 11) is 0. The molecule has 1 N–H and O–H groups in total. The second-order valence-electron chi connectivity index (χ2n) is 0.396. The molecule has 0 saturated carbocycles. The first-order valence-corrected chi connectivity index (χ1v) is 3.07. The van der Waals surface area contributed by atoms with Crippen LogP contribution in [0.1, 0.15) is 0 Å². The van der Waals surface area contributed by atoms with E-state index >= 15 is 0 Å². The van der Waals surface area contributed by atoms with Crippen molar-refractivity contribution in [2.24, 2.45) is 0 Å². The molecule has 0 aromatic carbocycles. The topological polar surface area (TPSA) is 94.5 Å². The predicted molar refractivity (Wildman–Crippen MR) is 10.1 cm³/mol. The normalized spacial score (nSPS) is 7.88. The van der Waals surface area contributed by atoms with Crippen LogP contribution in [0, 0.1) is 0 Å². The van der Waals surface area contributed by atoms with Gasteiger partial charge in [-0.3, -0.25) is 0 Å². The van der Waals surface area contributed by atoms with E-state index in [-0.39, 0.29) is 29.6 Å². The summed E-state index contributed by atoms with van der Waals surface area (Å²) in [5.74, 6) is 0. The molecule has 0 aliphatic heterocycles. The van der Waals surface area contributed by atoms with E-state index in [1.807, 2.05) is 0 Å². The third kappa shape index (κ3) is 210. The number of halogens is 1. The molecule has 0 saturated heterocycles. The van der Waals surface area contributed by atoms with E-state index in [1.165, 1.54) is 0 Å². The molecule has 0 radical (unpaired) electrons. The van der Waals surface area contributed by atoms with Gasteiger partial charge >= 0.3 is 58.2 Å². The van der Waals surface area contributed by atoms with E-state index < -0.39 is 13.0 Å². The fourth-order valence-corrected chi connectivity index (χ4v) is 0. The molecule has 0 aliphatic rings. The molecule has 0 spiro atoms.